The molecular weight excluding hydrogens is 497 g/mol. The van der Waals surface area contributed by atoms with Crippen LogP contribution in [0.25, 0.3) is 15.9 Å². The quantitative estimate of drug-likeness (QED) is 0.246. The minimum atomic E-state index is -0.475. The fraction of sp³-hybridized carbons (Fsp3) is 0.154. The van der Waals surface area contributed by atoms with E-state index in [1.54, 1.807) is 12.1 Å². The summed E-state index contributed by atoms with van der Waals surface area (Å²) in [7, 11) is 0. The lowest BCUT2D eigenvalue weighted by molar-refractivity contribution is -0.113. The standard InChI is InChI=1S/C26H22FN5O2S2/c1-16-7-6-10-21-23(16)29-25(36-21)28-22(33)15-35-26-31-30-24(32(26)19-8-4-3-5-9-19)17(2)34-20-13-11-18(27)12-14-20/h3-14,17H,15H2,1-2H3,(H,28,29,33). The summed E-state index contributed by atoms with van der Waals surface area (Å²) in [5.74, 6) is 0.700. The number of nitrogens with zero attached hydrogens (tertiary/aromatic N) is 4. The highest BCUT2D eigenvalue weighted by molar-refractivity contribution is 7.99. The van der Waals surface area contributed by atoms with Crippen LogP contribution in [0.2, 0.25) is 0 Å². The van der Waals surface area contributed by atoms with E-state index in [2.05, 4.69) is 20.5 Å². The molecule has 5 rings (SSSR count). The van der Waals surface area contributed by atoms with Crippen LogP contribution in [-0.4, -0.2) is 31.4 Å². The molecule has 0 radical (unpaired) electrons. The molecule has 36 heavy (non-hydrogen) atoms. The van der Waals surface area contributed by atoms with Gasteiger partial charge in [0.2, 0.25) is 5.91 Å². The number of benzene rings is 3. The van der Waals surface area contributed by atoms with Crippen LogP contribution in [0.15, 0.2) is 78.0 Å². The molecule has 0 bridgehead atoms. The Morgan fingerprint density at radius 1 is 1.08 bits per heavy atom. The molecule has 1 amide bonds. The zero-order valence-electron chi connectivity index (χ0n) is 19.5. The number of aromatic nitrogens is 4. The van der Waals surface area contributed by atoms with Crippen molar-refractivity contribution < 1.29 is 13.9 Å². The number of halogens is 1. The molecular formula is C26H22FN5O2S2. The first-order valence-electron chi connectivity index (χ1n) is 11.2. The van der Waals surface area contributed by atoms with E-state index in [4.69, 9.17) is 4.74 Å². The van der Waals surface area contributed by atoms with Crippen LogP contribution in [-0.2, 0) is 4.79 Å². The zero-order valence-corrected chi connectivity index (χ0v) is 21.1. The molecule has 0 saturated heterocycles. The Hall–Kier alpha value is -3.76. The fourth-order valence-electron chi connectivity index (χ4n) is 3.65. The summed E-state index contributed by atoms with van der Waals surface area (Å²) in [5, 5.41) is 12.7. The van der Waals surface area contributed by atoms with Gasteiger partial charge in [-0.05, 0) is 61.9 Å². The van der Waals surface area contributed by atoms with Gasteiger partial charge < -0.3 is 10.1 Å². The van der Waals surface area contributed by atoms with Crippen molar-refractivity contribution >= 4 is 44.4 Å². The first-order chi connectivity index (χ1) is 17.5. The number of amides is 1. The lowest BCUT2D eigenvalue weighted by Crippen LogP contribution is -2.15. The number of rotatable bonds is 8. The first-order valence-corrected chi connectivity index (χ1v) is 13.0. The highest BCUT2D eigenvalue weighted by Gasteiger charge is 2.22. The molecule has 1 N–H and O–H groups in total. The maximum Gasteiger partial charge on any atom is 0.236 e. The van der Waals surface area contributed by atoms with E-state index in [9.17, 15) is 9.18 Å². The number of anilines is 1. The molecule has 5 aromatic rings. The number of aryl methyl sites for hydroxylation is 1. The van der Waals surface area contributed by atoms with Crippen LogP contribution in [0.5, 0.6) is 5.75 Å². The second kappa shape index (κ2) is 10.5. The highest BCUT2D eigenvalue weighted by atomic mass is 32.2. The van der Waals surface area contributed by atoms with Crippen molar-refractivity contribution in [3.8, 4) is 11.4 Å². The average Bonchev–Trinajstić information content (AvgIpc) is 3.49. The summed E-state index contributed by atoms with van der Waals surface area (Å²) in [5.41, 5.74) is 2.81. The molecule has 10 heteroatoms. The minimum absolute atomic E-state index is 0.132. The smallest absolute Gasteiger partial charge is 0.236 e. The highest BCUT2D eigenvalue weighted by Crippen LogP contribution is 2.30. The average molecular weight is 520 g/mol. The number of thiazole rings is 1. The molecule has 0 aliphatic carbocycles. The van der Waals surface area contributed by atoms with E-state index in [0.29, 0.717) is 21.9 Å². The number of para-hydroxylation sites is 2. The van der Waals surface area contributed by atoms with E-state index in [-0.39, 0.29) is 17.5 Å². The Bertz CT molecular complexity index is 1500. The molecule has 182 valence electrons. The van der Waals surface area contributed by atoms with Gasteiger partial charge in [0.25, 0.3) is 0 Å². The summed E-state index contributed by atoms with van der Waals surface area (Å²) in [6.07, 6.45) is -0.475. The lowest BCUT2D eigenvalue weighted by Gasteiger charge is -2.16. The molecule has 2 heterocycles. The van der Waals surface area contributed by atoms with E-state index < -0.39 is 6.10 Å². The van der Waals surface area contributed by atoms with Crippen molar-refractivity contribution in [2.75, 3.05) is 11.1 Å². The van der Waals surface area contributed by atoms with Gasteiger partial charge in [0.15, 0.2) is 22.2 Å². The summed E-state index contributed by atoms with van der Waals surface area (Å²) < 4.78 is 22.2. The van der Waals surface area contributed by atoms with E-state index in [0.717, 1.165) is 21.5 Å². The van der Waals surface area contributed by atoms with Gasteiger partial charge in [-0.15, -0.1) is 10.2 Å². The second-order valence-corrected chi connectivity index (χ2v) is 9.98. The molecule has 0 saturated carbocycles. The third kappa shape index (κ3) is 5.24. The van der Waals surface area contributed by atoms with Crippen molar-refractivity contribution in [1.82, 2.24) is 19.7 Å². The summed E-state index contributed by atoms with van der Waals surface area (Å²) >= 11 is 2.72. The van der Waals surface area contributed by atoms with Gasteiger partial charge in [-0.2, -0.15) is 0 Å². The summed E-state index contributed by atoms with van der Waals surface area (Å²) in [4.78, 5) is 17.3. The Labute approximate surface area is 215 Å². The Kier molecular flexibility index (Phi) is 6.97. The predicted octanol–water partition coefficient (Wildman–Crippen LogP) is 6.20. The first kappa shape index (κ1) is 24.0. The topological polar surface area (TPSA) is 81.9 Å². The third-order valence-electron chi connectivity index (χ3n) is 5.36. The van der Waals surface area contributed by atoms with Gasteiger partial charge in [-0.3, -0.25) is 9.36 Å². The Morgan fingerprint density at radius 2 is 1.86 bits per heavy atom. The molecule has 3 aromatic carbocycles. The number of hydrogen-bond acceptors (Lipinski definition) is 7. The SMILES string of the molecule is Cc1cccc2sc(NC(=O)CSc3nnc(C(C)Oc4ccc(F)cc4)n3-c3ccccc3)nc12. The molecule has 7 nitrogen and oxygen atoms in total. The molecule has 0 aliphatic heterocycles. The van der Waals surface area contributed by atoms with Gasteiger partial charge in [-0.25, -0.2) is 9.37 Å². The molecule has 1 unspecified atom stereocenters. The number of carbonyl (C=O) groups excluding carboxylic acids is 1. The fourth-order valence-corrected chi connectivity index (χ4v) is 5.37. The molecule has 0 spiro atoms. The van der Waals surface area contributed by atoms with Crippen molar-refractivity contribution in [1.29, 1.82) is 0 Å². The van der Waals surface area contributed by atoms with Crippen LogP contribution in [0.4, 0.5) is 9.52 Å². The predicted molar refractivity (Wildman–Crippen MR) is 141 cm³/mol. The van der Waals surface area contributed by atoms with Crippen LogP contribution in [0.1, 0.15) is 24.4 Å². The van der Waals surface area contributed by atoms with Crippen molar-refractivity contribution in [3.63, 3.8) is 0 Å². The second-order valence-electron chi connectivity index (χ2n) is 8.00. The van der Waals surface area contributed by atoms with Crippen molar-refractivity contribution in [2.24, 2.45) is 0 Å². The third-order valence-corrected chi connectivity index (χ3v) is 7.23. The molecule has 1 atom stereocenters. The number of thioether (sulfide) groups is 1. The van der Waals surface area contributed by atoms with Crippen LogP contribution < -0.4 is 10.1 Å². The van der Waals surface area contributed by atoms with E-state index in [1.807, 2.05) is 66.9 Å². The van der Waals surface area contributed by atoms with Crippen molar-refractivity contribution in [3.05, 3.63) is 90.0 Å². The number of hydrogen-bond donors (Lipinski definition) is 1. The normalized spacial score (nSPS) is 12.0. The lowest BCUT2D eigenvalue weighted by atomic mass is 10.2. The van der Waals surface area contributed by atoms with Crippen LogP contribution >= 0.6 is 23.1 Å². The zero-order chi connectivity index (χ0) is 25.1. The van der Waals surface area contributed by atoms with Crippen molar-refractivity contribution in [2.45, 2.75) is 25.1 Å². The van der Waals surface area contributed by atoms with Gasteiger partial charge in [0, 0.05) is 5.69 Å². The Balaban J connectivity index is 1.34. The van der Waals surface area contributed by atoms with E-state index in [1.165, 1.54) is 35.2 Å². The summed E-state index contributed by atoms with van der Waals surface area (Å²) in [6.45, 7) is 3.85. The minimum Gasteiger partial charge on any atom is -0.483 e. The molecule has 0 aliphatic rings. The van der Waals surface area contributed by atoms with Gasteiger partial charge in [0.1, 0.15) is 11.6 Å². The van der Waals surface area contributed by atoms with Gasteiger partial charge >= 0.3 is 0 Å². The largest absolute Gasteiger partial charge is 0.483 e. The van der Waals surface area contributed by atoms with Gasteiger partial charge in [0.05, 0.1) is 16.0 Å². The summed E-state index contributed by atoms with van der Waals surface area (Å²) in [6, 6.07) is 21.4. The maximum absolute atomic E-state index is 13.3. The number of nitrogens with one attached hydrogen (secondary N) is 1. The number of carbonyl (C=O) groups is 1. The maximum atomic E-state index is 13.3. The molecule has 0 fully saturated rings. The monoisotopic (exact) mass is 519 g/mol. The Morgan fingerprint density at radius 3 is 2.61 bits per heavy atom. The van der Waals surface area contributed by atoms with Gasteiger partial charge in [-0.1, -0.05) is 53.4 Å². The van der Waals surface area contributed by atoms with E-state index >= 15 is 0 Å². The molecule has 2 aromatic heterocycles. The number of ether oxygens (including phenoxy) is 1. The van der Waals surface area contributed by atoms with Crippen LogP contribution in [0.3, 0.4) is 0 Å². The number of fused-ring (bicyclic) bond motifs is 1. The van der Waals surface area contributed by atoms with Crippen LogP contribution in [0, 0.1) is 12.7 Å².